The number of aromatic carboxylic acids is 1. The molecule has 1 aliphatic carbocycles. The van der Waals surface area contributed by atoms with Gasteiger partial charge in [0.05, 0.1) is 11.3 Å². The third kappa shape index (κ3) is 4.80. The molecule has 0 saturated heterocycles. The van der Waals surface area contributed by atoms with Crippen molar-refractivity contribution in [3.05, 3.63) is 87.5 Å². The zero-order valence-electron chi connectivity index (χ0n) is 21.6. The first-order chi connectivity index (χ1) is 17.0. The summed E-state index contributed by atoms with van der Waals surface area (Å²) in [5.74, 6) is 2.11. The highest BCUT2D eigenvalue weighted by Crippen LogP contribution is 2.44. The fraction of sp³-hybridized carbons (Fsp3) is 0.267. The molecule has 0 aromatic heterocycles. The number of carboxylic acid groups (broad SMARTS) is 1. The molecule has 1 amide bonds. The molecule has 0 bridgehead atoms. The summed E-state index contributed by atoms with van der Waals surface area (Å²) in [6.07, 6.45) is -0.618. The van der Waals surface area contributed by atoms with Gasteiger partial charge in [-0.1, -0.05) is 74.1 Å². The van der Waals surface area contributed by atoms with Crippen LogP contribution in [-0.2, 0) is 4.74 Å². The maximum absolute atomic E-state index is 13.0. The Bertz CT molecular complexity index is 1390. The van der Waals surface area contributed by atoms with E-state index in [-0.39, 0.29) is 18.1 Å². The predicted octanol–water partition coefficient (Wildman–Crippen LogP) is 6.90. The Kier molecular flexibility index (Phi) is 6.79. The van der Waals surface area contributed by atoms with Gasteiger partial charge in [0, 0.05) is 11.5 Å². The van der Waals surface area contributed by atoms with E-state index in [1.54, 1.807) is 13.8 Å². The Morgan fingerprint density at radius 1 is 0.917 bits per heavy atom. The van der Waals surface area contributed by atoms with E-state index in [0.29, 0.717) is 22.4 Å². The summed E-state index contributed by atoms with van der Waals surface area (Å²) < 4.78 is 5.71. The van der Waals surface area contributed by atoms with Gasteiger partial charge in [0.15, 0.2) is 0 Å². The molecule has 1 aliphatic rings. The van der Waals surface area contributed by atoms with Crippen LogP contribution < -0.4 is 5.32 Å². The van der Waals surface area contributed by atoms with E-state index in [4.69, 9.17) is 4.74 Å². The maximum atomic E-state index is 13.0. The van der Waals surface area contributed by atoms with Crippen molar-refractivity contribution in [3.63, 3.8) is 0 Å². The lowest BCUT2D eigenvalue weighted by atomic mass is 9.91. The minimum atomic E-state index is -1.70. The zero-order valence-corrected chi connectivity index (χ0v) is 22.6. The van der Waals surface area contributed by atoms with Crippen LogP contribution in [0.1, 0.15) is 49.7 Å². The van der Waals surface area contributed by atoms with Crippen LogP contribution in [0.2, 0.25) is 19.6 Å². The van der Waals surface area contributed by atoms with Gasteiger partial charge < -0.3 is 9.84 Å². The summed E-state index contributed by atoms with van der Waals surface area (Å²) >= 11 is 0. The largest absolute Gasteiger partial charge is 0.478 e. The summed E-state index contributed by atoms with van der Waals surface area (Å²) in [6.45, 7) is 11.9. The molecule has 36 heavy (non-hydrogen) atoms. The van der Waals surface area contributed by atoms with Gasteiger partial charge in [0.1, 0.15) is 14.7 Å². The lowest BCUT2D eigenvalue weighted by Gasteiger charge is -2.20. The number of carbonyl (C=O) groups excluding carboxylic acids is 1. The highest BCUT2D eigenvalue weighted by atomic mass is 28.3. The third-order valence-corrected chi connectivity index (χ3v) is 7.47. The number of hydrogen-bond acceptors (Lipinski definition) is 3. The fourth-order valence-electron chi connectivity index (χ4n) is 4.90. The number of amides is 1. The summed E-state index contributed by atoms with van der Waals surface area (Å²) in [7, 11) is -1.70. The van der Waals surface area contributed by atoms with Crippen LogP contribution in [0.3, 0.4) is 0 Å². The van der Waals surface area contributed by atoms with Crippen molar-refractivity contribution >= 4 is 25.8 Å². The quantitative estimate of drug-likeness (QED) is 0.304. The number of hydrogen-bond donors (Lipinski definition) is 2. The van der Waals surface area contributed by atoms with Crippen LogP contribution >= 0.6 is 0 Å². The maximum Gasteiger partial charge on any atom is 0.411 e. The lowest BCUT2D eigenvalue weighted by molar-refractivity contribution is 0.0695. The smallest absolute Gasteiger partial charge is 0.411 e. The molecule has 0 spiro atoms. The van der Waals surface area contributed by atoms with Crippen LogP contribution in [0.25, 0.3) is 11.1 Å². The number of rotatable bonds is 4. The van der Waals surface area contributed by atoms with Crippen molar-refractivity contribution in [3.8, 4) is 22.6 Å². The molecule has 3 aromatic rings. The van der Waals surface area contributed by atoms with E-state index < -0.39 is 20.1 Å². The average Bonchev–Trinajstić information content (AvgIpc) is 3.13. The van der Waals surface area contributed by atoms with Crippen molar-refractivity contribution < 1.29 is 19.4 Å². The lowest BCUT2D eigenvalue weighted by Crippen LogP contribution is -2.21. The number of fused-ring (bicyclic) bond motifs is 3. The van der Waals surface area contributed by atoms with E-state index in [1.165, 1.54) is 0 Å². The van der Waals surface area contributed by atoms with Crippen molar-refractivity contribution in [1.82, 2.24) is 0 Å². The molecule has 0 aliphatic heterocycles. The number of benzene rings is 3. The summed E-state index contributed by atoms with van der Waals surface area (Å²) in [4.78, 5) is 25.1. The van der Waals surface area contributed by atoms with E-state index >= 15 is 0 Å². The molecule has 3 aromatic carbocycles. The van der Waals surface area contributed by atoms with E-state index in [1.807, 2.05) is 31.2 Å². The summed E-state index contributed by atoms with van der Waals surface area (Å²) in [6, 6.07) is 16.3. The number of ether oxygens (including phenoxy) is 1. The molecule has 0 atom stereocenters. The SMILES string of the molecule is Cc1c(C#C[Si](C)(C)C)c(C)c(C(=O)O)c(C)c1NC(=O)OCC1c2ccccc2-c2ccccc21. The van der Waals surface area contributed by atoms with E-state index in [9.17, 15) is 14.7 Å². The molecule has 0 fully saturated rings. The molecule has 2 N–H and O–H groups in total. The second-order valence-electron chi connectivity index (χ2n) is 10.3. The topological polar surface area (TPSA) is 75.6 Å². The Morgan fingerprint density at radius 3 is 2.00 bits per heavy atom. The Morgan fingerprint density at radius 2 is 1.47 bits per heavy atom. The summed E-state index contributed by atoms with van der Waals surface area (Å²) in [5, 5.41) is 12.7. The van der Waals surface area contributed by atoms with E-state index in [0.717, 1.165) is 27.8 Å². The first kappa shape index (κ1) is 25.3. The van der Waals surface area contributed by atoms with Crippen molar-refractivity contribution in [2.75, 3.05) is 11.9 Å². The summed E-state index contributed by atoms with van der Waals surface area (Å²) in [5.41, 5.74) is 11.0. The van der Waals surface area contributed by atoms with Gasteiger partial charge in [-0.25, -0.2) is 9.59 Å². The molecule has 184 valence electrons. The van der Waals surface area contributed by atoms with Gasteiger partial charge in [0.25, 0.3) is 0 Å². The molecular weight excluding hydrogens is 466 g/mol. The minimum Gasteiger partial charge on any atom is -0.478 e. The molecule has 4 rings (SSSR count). The van der Waals surface area contributed by atoms with E-state index in [2.05, 4.69) is 60.7 Å². The number of nitrogens with one attached hydrogen (secondary N) is 1. The molecule has 0 radical (unpaired) electrons. The van der Waals surface area contributed by atoms with Crippen LogP contribution in [-0.4, -0.2) is 31.8 Å². The highest BCUT2D eigenvalue weighted by Gasteiger charge is 2.29. The zero-order chi connectivity index (χ0) is 26.2. The van der Waals surface area contributed by atoms with Gasteiger partial charge >= 0.3 is 12.1 Å². The average molecular weight is 498 g/mol. The first-order valence-corrected chi connectivity index (χ1v) is 15.5. The number of carbonyl (C=O) groups is 2. The van der Waals surface area contributed by atoms with Crippen LogP contribution in [0.15, 0.2) is 48.5 Å². The van der Waals surface area contributed by atoms with Crippen LogP contribution in [0.5, 0.6) is 0 Å². The number of anilines is 1. The van der Waals surface area contributed by atoms with Crippen LogP contribution in [0.4, 0.5) is 10.5 Å². The first-order valence-electron chi connectivity index (χ1n) is 12.0. The molecular formula is C30H31NO4Si. The van der Waals surface area contributed by atoms with Crippen molar-refractivity contribution in [2.45, 2.75) is 46.3 Å². The standard InChI is InChI=1S/C30H31NO4Si/c1-18-21(15-16-36(4,5)6)19(2)28(20(3)27(18)29(32)33)31-30(34)35-17-26-24-13-9-7-11-22(24)23-12-8-10-14-25(23)26/h7-14,26H,17H2,1-6H3,(H,31,34)(H,32,33). The molecule has 0 saturated carbocycles. The van der Waals surface area contributed by atoms with Gasteiger partial charge in [0.2, 0.25) is 0 Å². The van der Waals surface area contributed by atoms with Gasteiger partial charge in [-0.3, -0.25) is 5.32 Å². The normalized spacial score (nSPS) is 12.3. The molecule has 0 heterocycles. The Labute approximate surface area is 213 Å². The predicted molar refractivity (Wildman–Crippen MR) is 147 cm³/mol. The monoisotopic (exact) mass is 497 g/mol. The van der Waals surface area contributed by atoms with Crippen molar-refractivity contribution in [2.24, 2.45) is 0 Å². The highest BCUT2D eigenvalue weighted by molar-refractivity contribution is 6.83. The number of carboxylic acids is 1. The Balaban J connectivity index is 1.63. The van der Waals surface area contributed by atoms with Gasteiger partial charge in [-0.15, -0.1) is 5.54 Å². The van der Waals surface area contributed by atoms with Gasteiger partial charge in [-0.2, -0.15) is 0 Å². The molecule has 0 unspecified atom stereocenters. The Hall–Kier alpha value is -3.82. The fourth-order valence-corrected chi connectivity index (χ4v) is 5.40. The second kappa shape index (κ2) is 9.67. The third-order valence-electron chi connectivity index (χ3n) is 6.60. The molecule has 5 nitrogen and oxygen atoms in total. The van der Waals surface area contributed by atoms with Crippen LogP contribution in [0, 0.1) is 32.2 Å². The second-order valence-corrected chi connectivity index (χ2v) is 15.0. The minimum absolute atomic E-state index is 0.0592. The van der Waals surface area contributed by atoms with Gasteiger partial charge in [-0.05, 0) is 59.7 Å². The van der Waals surface area contributed by atoms with Crippen molar-refractivity contribution in [1.29, 1.82) is 0 Å². The molecule has 6 heteroatoms.